The molecule has 49 heavy (non-hydrogen) atoms. The highest BCUT2D eigenvalue weighted by molar-refractivity contribution is 6.58. The summed E-state index contributed by atoms with van der Waals surface area (Å²) in [5, 5.41) is 19.8. The van der Waals surface area contributed by atoms with Crippen molar-refractivity contribution in [3.05, 3.63) is 107 Å². The third-order valence-corrected chi connectivity index (χ3v) is 11.8. The SMILES string of the molecule is O=C(O)c1cccc(N2C(=O)[C@H]3[C@H](CC=C4[C@H](C5=COc6ccc(O)cc6C5)[C@]5(Cl)C(=O)N(c6ccc(F)cc6)C(=O)[C@]5(Cl)C[C@H]43)C2=O)c1. The van der Waals surface area contributed by atoms with Crippen molar-refractivity contribution < 1.29 is 43.3 Å². The molecule has 2 saturated heterocycles. The number of carboxylic acids is 1. The van der Waals surface area contributed by atoms with E-state index in [0.29, 0.717) is 22.5 Å². The average molecular weight is 704 g/mol. The maximum Gasteiger partial charge on any atom is 0.335 e. The van der Waals surface area contributed by atoms with Crippen molar-refractivity contribution in [3.8, 4) is 11.5 Å². The lowest BCUT2D eigenvalue weighted by Gasteiger charge is -2.51. The summed E-state index contributed by atoms with van der Waals surface area (Å²) in [5.74, 6) is -7.99. The first-order valence-corrected chi connectivity index (χ1v) is 16.2. The van der Waals surface area contributed by atoms with Gasteiger partial charge in [0, 0.05) is 17.9 Å². The number of phenols is 1. The Morgan fingerprint density at radius 2 is 1.65 bits per heavy atom. The van der Waals surface area contributed by atoms with Gasteiger partial charge in [0.25, 0.3) is 11.8 Å². The van der Waals surface area contributed by atoms with Gasteiger partial charge in [0.15, 0.2) is 9.75 Å². The number of hydrogen-bond donors (Lipinski definition) is 2. The molecule has 4 amide bonds. The Bertz CT molecular complexity index is 2100. The van der Waals surface area contributed by atoms with Crippen LogP contribution in [0.5, 0.6) is 11.5 Å². The molecule has 3 aliphatic heterocycles. The van der Waals surface area contributed by atoms with Gasteiger partial charge >= 0.3 is 5.97 Å². The number of hydrogen-bond acceptors (Lipinski definition) is 7. The molecule has 1 saturated carbocycles. The van der Waals surface area contributed by atoms with Gasteiger partial charge in [0.1, 0.15) is 17.3 Å². The van der Waals surface area contributed by atoms with Gasteiger partial charge in [-0.05, 0) is 85.0 Å². The second-order valence-electron chi connectivity index (χ2n) is 12.9. The number of halogens is 3. The van der Waals surface area contributed by atoms with Crippen molar-refractivity contribution in [2.45, 2.75) is 29.0 Å². The number of alkyl halides is 2. The van der Waals surface area contributed by atoms with E-state index in [1.54, 1.807) is 12.1 Å². The molecule has 8 rings (SSSR count). The normalized spacial score (nSPS) is 30.2. The number of aromatic carboxylic acids is 1. The van der Waals surface area contributed by atoms with Gasteiger partial charge in [-0.15, -0.1) is 23.2 Å². The minimum atomic E-state index is -2.14. The summed E-state index contributed by atoms with van der Waals surface area (Å²) >= 11 is 14.8. The summed E-state index contributed by atoms with van der Waals surface area (Å²) in [5.41, 5.74) is 1.62. The highest BCUT2D eigenvalue weighted by Gasteiger charge is 2.77. The lowest BCUT2D eigenvalue weighted by molar-refractivity contribution is -0.125. The van der Waals surface area contributed by atoms with E-state index >= 15 is 0 Å². The Hall–Kier alpha value is -5.00. The molecule has 248 valence electrons. The van der Waals surface area contributed by atoms with E-state index in [2.05, 4.69) is 0 Å². The van der Waals surface area contributed by atoms with Crippen molar-refractivity contribution in [2.75, 3.05) is 9.80 Å². The van der Waals surface area contributed by atoms with Crippen LogP contribution >= 0.6 is 23.2 Å². The maximum absolute atomic E-state index is 14.5. The van der Waals surface area contributed by atoms with E-state index in [-0.39, 0.29) is 42.0 Å². The molecular formula is C36H25Cl2FN2O8. The summed E-state index contributed by atoms with van der Waals surface area (Å²) < 4.78 is 19.8. The number of carbonyl (C=O) groups excluding carboxylic acids is 4. The number of imide groups is 2. The number of aromatic hydroxyl groups is 1. The van der Waals surface area contributed by atoms with Crippen LogP contribution in [0.15, 0.2) is 90.2 Å². The zero-order valence-corrected chi connectivity index (χ0v) is 26.8. The third kappa shape index (κ3) is 4.28. The predicted octanol–water partition coefficient (Wildman–Crippen LogP) is 5.35. The van der Waals surface area contributed by atoms with Gasteiger partial charge in [-0.1, -0.05) is 17.7 Å². The summed E-state index contributed by atoms with van der Waals surface area (Å²) in [6.45, 7) is 0. The molecule has 2 N–H and O–H groups in total. The number of phenolic OH excluding ortho intramolecular Hbond substituents is 1. The number of benzene rings is 3. The smallest absolute Gasteiger partial charge is 0.335 e. The second kappa shape index (κ2) is 10.8. The van der Waals surface area contributed by atoms with Gasteiger partial charge in [-0.2, -0.15) is 0 Å². The molecule has 3 aromatic carbocycles. The molecule has 6 atom stereocenters. The molecule has 5 aliphatic rings. The first kappa shape index (κ1) is 31.3. The van der Waals surface area contributed by atoms with Crippen LogP contribution in [-0.2, 0) is 25.6 Å². The molecule has 3 fully saturated rings. The lowest BCUT2D eigenvalue weighted by atomic mass is 9.56. The molecular weight excluding hydrogens is 678 g/mol. The Morgan fingerprint density at radius 3 is 2.39 bits per heavy atom. The molecule has 3 heterocycles. The topological polar surface area (TPSA) is 142 Å². The number of ether oxygens (including phenoxy) is 1. The molecule has 0 radical (unpaired) electrons. The first-order valence-electron chi connectivity index (χ1n) is 15.5. The molecule has 2 aliphatic carbocycles. The highest BCUT2D eigenvalue weighted by Crippen LogP contribution is 2.65. The van der Waals surface area contributed by atoms with Gasteiger partial charge in [0.2, 0.25) is 11.8 Å². The van der Waals surface area contributed by atoms with E-state index in [1.807, 2.05) is 0 Å². The van der Waals surface area contributed by atoms with Gasteiger partial charge in [0.05, 0.1) is 35.0 Å². The summed E-state index contributed by atoms with van der Waals surface area (Å²) in [6, 6.07) is 14.8. The van der Waals surface area contributed by atoms with Crippen molar-refractivity contribution >= 4 is 64.2 Å². The largest absolute Gasteiger partial charge is 0.508 e. The van der Waals surface area contributed by atoms with E-state index in [4.69, 9.17) is 27.9 Å². The molecule has 3 aromatic rings. The molecule has 0 aromatic heterocycles. The predicted molar refractivity (Wildman–Crippen MR) is 174 cm³/mol. The number of allylic oxidation sites excluding steroid dienone is 3. The van der Waals surface area contributed by atoms with E-state index in [0.717, 1.165) is 21.9 Å². The fourth-order valence-corrected chi connectivity index (χ4v) is 9.19. The van der Waals surface area contributed by atoms with Crippen LogP contribution in [0.25, 0.3) is 0 Å². The average Bonchev–Trinajstić information content (AvgIpc) is 3.42. The monoisotopic (exact) mass is 702 g/mol. The van der Waals surface area contributed by atoms with Gasteiger partial charge < -0.3 is 14.9 Å². The minimum absolute atomic E-state index is 0.0196. The molecule has 13 heteroatoms. The maximum atomic E-state index is 14.5. The van der Waals surface area contributed by atoms with E-state index in [1.165, 1.54) is 54.8 Å². The molecule has 0 unspecified atom stereocenters. The number of anilines is 2. The van der Waals surface area contributed by atoms with Crippen LogP contribution < -0.4 is 14.5 Å². The Kier molecular flexibility index (Phi) is 6.86. The number of fused-ring (bicyclic) bond motifs is 5. The Balaban J connectivity index is 1.27. The van der Waals surface area contributed by atoms with Crippen molar-refractivity contribution in [3.63, 3.8) is 0 Å². The fraction of sp³-hybridized carbons (Fsp3) is 0.250. The quantitative estimate of drug-likeness (QED) is 0.211. The zero-order chi connectivity index (χ0) is 34.6. The highest BCUT2D eigenvalue weighted by atomic mass is 35.5. The molecule has 10 nitrogen and oxygen atoms in total. The minimum Gasteiger partial charge on any atom is -0.508 e. The summed E-state index contributed by atoms with van der Waals surface area (Å²) in [7, 11) is 0. The molecule has 0 spiro atoms. The van der Waals surface area contributed by atoms with Gasteiger partial charge in [-0.3, -0.25) is 24.1 Å². The van der Waals surface area contributed by atoms with Crippen molar-refractivity contribution in [1.29, 1.82) is 0 Å². The number of carboxylic acid groups (broad SMARTS) is 1. The lowest BCUT2D eigenvalue weighted by Crippen LogP contribution is -2.61. The number of carbonyl (C=O) groups is 5. The van der Waals surface area contributed by atoms with Gasteiger partial charge in [-0.25, -0.2) is 14.1 Å². The molecule has 0 bridgehead atoms. The number of amides is 4. The zero-order valence-electron chi connectivity index (χ0n) is 25.3. The number of nitrogens with zero attached hydrogens (tertiary/aromatic N) is 2. The van der Waals surface area contributed by atoms with Crippen molar-refractivity contribution in [2.24, 2.45) is 23.7 Å². The van der Waals surface area contributed by atoms with E-state index < -0.39 is 68.8 Å². The van der Waals surface area contributed by atoms with Crippen LogP contribution in [0.3, 0.4) is 0 Å². The van der Waals surface area contributed by atoms with E-state index in [9.17, 15) is 38.6 Å². The summed E-state index contributed by atoms with van der Waals surface area (Å²) in [6.07, 6.45) is 3.18. The van der Waals surface area contributed by atoms with Crippen LogP contribution in [0.4, 0.5) is 15.8 Å². The van der Waals surface area contributed by atoms with Crippen LogP contribution in [-0.4, -0.2) is 49.6 Å². The number of rotatable bonds is 4. The van der Waals surface area contributed by atoms with Crippen LogP contribution in [0.1, 0.15) is 28.8 Å². The third-order valence-electron chi connectivity index (χ3n) is 10.4. The fourth-order valence-electron chi connectivity index (χ4n) is 8.24. The van der Waals surface area contributed by atoms with Crippen molar-refractivity contribution in [1.82, 2.24) is 0 Å². The van der Waals surface area contributed by atoms with Crippen LogP contribution in [0.2, 0.25) is 0 Å². The van der Waals surface area contributed by atoms with Crippen LogP contribution in [0, 0.1) is 29.5 Å². The first-order chi connectivity index (χ1) is 23.3. The summed E-state index contributed by atoms with van der Waals surface area (Å²) in [4.78, 5) is 66.4. The Morgan fingerprint density at radius 1 is 0.898 bits per heavy atom. The Labute approximate surface area is 288 Å². The standard InChI is InChI=1S/C36H25Cl2FN2O8/c37-35-15-26-24(9-10-25-28(26)31(44)40(30(25)43)22-3-1-2-17(13-22)32(45)46)29(19-12-18-14-23(42)8-11-27(18)49-16-19)36(35,38)34(48)41(33(35)47)21-6-4-20(39)5-7-21/h1-9,11,13-14,16,25-26,28-29,42H,10,12,15H2,(H,45,46)/t25-,26+,28-,29-,35+,36-/m0/s1. The second-order valence-corrected chi connectivity index (χ2v) is 14.1.